The number of hydrogen-bond acceptors (Lipinski definition) is 6. The van der Waals surface area contributed by atoms with Crippen molar-refractivity contribution >= 4 is 17.2 Å². The lowest BCUT2D eigenvalue weighted by Crippen LogP contribution is -2.58. The van der Waals surface area contributed by atoms with Gasteiger partial charge >= 0.3 is 0 Å². The van der Waals surface area contributed by atoms with Gasteiger partial charge in [0.05, 0.1) is 23.8 Å². The van der Waals surface area contributed by atoms with Crippen LogP contribution in [0.1, 0.15) is 53.3 Å². The molecule has 2 aliphatic rings. The lowest BCUT2D eigenvalue weighted by molar-refractivity contribution is -0.127. The smallest absolute Gasteiger partial charge is 0.273 e. The zero-order valence-corrected chi connectivity index (χ0v) is 20.5. The molecule has 2 aliphatic heterocycles. The standard InChI is InChI=1S/C23H31N3O3S.C2H6/c1-18-24-21(16-30-18)22(28)26-13-15-29-23(17-26)8-11-25(12-9-23)10-6-19-2-4-20(5-3-19)7-14-27;1-2/h2-5,16,27H,6-15,17H2,1H3;1-2H3. The maximum absolute atomic E-state index is 12.8. The first-order valence-corrected chi connectivity index (χ1v) is 12.7. The van der Waals surface area contributed by atoms with E-state index < -0.39 is 0 Å². The Hall–Kier alpha value is -1.80. The van der Waals surface area contributed by atoms with E-state index >= 15 is 0 Å². The van der Waals surface area contributed by atoms with E-state index in [-0.39, 0.29) is 18.1 Å². The molecule has 0 aliphatic carbocycles. The van der Waals surface area contributed by atoms with Crippen molar-refractivity contribution in [1.29, 1.82) is 0 Å². The average Bonchev–Trinajstić information content (AvgIpc) is 3.27. The molecular formula is C25H37N3O3S. The predicted molar refractivity (Wildman–Crippen MR) is 129 cm³/mol. The van der Waals surface area contributed by atoms with Gasteiger partial charge in [-0.25, -0.2) is 4.98 Å². The van der Waals surface area contributed by atoms with E-state index in [4.69, 9.17) is 9.84 Å². The Bertz CT molecular complexity index is 844. The van der Waals surface area contributed by atoms with Gasteiger partial charge < -0.3 is 19.6 Å². The number of benzene rings is 1. The van der Waals surface area contributed by atoms with Crippen LogP contribution in [0.4, 0.5) is 0 Å². The lowest BCUT2D eigenvalue weighted by atomic mass is 9.89. The summed E-state index contributed by atoms with van der Waals surface area (Å²) >= 11 is 1.52. The Balaban J connectivity index is 0.00000141. The van der Waals surface area contributed by atoms with E-state index in [9.17, 15) is 4.79 Å². The highest BCUT2D eigenvalue weighted by Gasteiger charge is 2.41. The Morgan fingerprint density at radius 1 is 1.12 bits per heavy atom. The monoisotopic (exact) mass is 459 g/mol. The number of amides is 1. The number of aryl methyl sites for hydroxylation is 1. The number of carbonyl (C=O) groups excluding carboxylic acids is 1. The molecule has 2 saturated heterocycles. The number of morpholine rings is 1. The van der Waals surface area contributed by atoms with E-state index in [1.807, 2.05) is 31.1 Å². The highest BCUT2D eigenvalue weighted by molar-refractivity contribution is 7.09. The Kier molecular flexibility index (Phi) is 9.22. The first-order valence-electron chi connectivity index (χ1n) is 11.8. The molecule has 2 fully saturated rings. The third-order valence-corrected chi connectivity index (χ3v) is 7.05. The minimum atomic E-state index is -0.207. The number of nitrogens with zero attached hydrogens (tertiary/aromatic N) is 3. The highest BCUT2D eigenvalue weighted by atomic mass is 32.1. The fourth-order valence-electron chi connectivity index (χ4n) is 4.42. The van der Waals surface area contributed by atoms with Crippen LogP contribution in [-0.2, 0) is 17.6 Å². The van der Waals surface area contributed by atoms with Crippen LogP contribution in [0.5, 0.6) is 0 Å². The number of likely N-dealkylation sites (tertiary alicyclic amines) is 1. The van der Waals surface area contributed by atoms with E-state index in [2.05, 4.69) is 34.1 Å². The molecule has 4 rings (SSSR count). The fraction of sp³-hybridized carbons (Fsp3) is 0.600. The van der Waals surface area contributed by atoms with Crippen LogP contribution in [0.25, 0.3) is 0 Å². The van der Waals surface area contributed by atoms with Crippen molar-refractivity contribution in [2.24, 2.45) is 0 Å². The maximum atomic E-state index is 12.8. The first-order chi connectivity index (χ1) is 15.6. The number of rotatable bonds is 6. The summed E-state index contributed by atoms with van der Waals surface area (Å²) in [6.07, 6.45) is 3.67. The summed E-state index contributed by atoms with van der Waals surface area (Å²) < 4.78 is 6.22. The van der Waals surface area contributed by atoms with E-state index in [0.717, 1.165) is 50.3 Å². The zero-order chi connectivity index (χ0) is 23.0. The minimum Gasteiger partial charge on any atom is -0.396 e. The number of ether oxygens (including phenoxy) is 1. The molecule has 1 aromatic carbocycles. The van der Waals surface area contributed by atoms with Crippen molar-refractivity contribution in [3.63, 3.8) is 0 Å². The second-order valence-electron chi connectivity index (χ2n) is 8.39. The van der Waals surface area contributed by atoms with E-state index in [1.165, 1.54) is 22.5 Å². The molecule has 0 unspecified atom stereocenters. The Morgan fingerprint density at radius 3 is 2.38 bits per heavy atom. The molecule has 1 aromatic heterocycles. The molecule has 176 valence electrons. The first kappa shape index (κ1) is 24.8. The molecule has 0 bridgehead atoms. The van der Waals surface area contributed by atoms with Crippen LogP contribution in [0.15, 0.2) is 29.6 Å². The van der Waals surface area contributed by atoms with Gasteiger partial charge in [-0.05, 0) is 43.7 Å². The van der Waals surface area contributed by atoms with Crippen molar-refractivity contribution in [2.45, 2.75) is 52.1 Å². The van der Waals surface area contributed by atoms with Crippen molar-refractivity contribution in [2.75, 3.05) is 45.9 Å². The summed E-state index contributed by atoms with van der Waals surface area (Å²) in [7, 11) is 0. The van der Waals surface area contributed by atoms with Gasteiger partial charge in [-0.3, -0.25) is 4.79 Å². The van der Waals surface area contributed by atoms with Crippen LogP contribution >= 0.6 is 11.3 Å². The Morgan fingerprint density at radius 2 is 1.78 bits per heavy atom. The Labute approximate surface area is 196 Å². The molecule has 0 saturated carbocycles. The number of aromatic nitrogens is 1. The highest BCUT2D eigenvalue weighted by Crippen LogP contribution is 2.31. The predicted octanol–water partition coefficient (Wildman–Crippen LogP) is 3.56. The van der Waals surface area contributed by atoms with Crippen LogP contribution in [0, 0.1) is 6.92 Å². The van der Waals surface area contributed by atoms with Crippen molar-refractivity contribution in [3.8, 4) is 0 Å². The van der Waals surface area contributed by atoms with Gasteiger partial charge in [-0.15, -0.1) is 11.3 Å². The molecule has 0 atom stereocenters. The molecule has 6 nitrogen and oxygen atoms in total. The molecule has 2 aromatic rings. The van der Waals surface area contributed by atoms with Gasteiger partial charge in [0, 0.05) is 38.2 Å². The molecule has 32 heavy (non-hydrogen) atoms. The number of aliphatic hydroxyl groups excluding tert-OH is 1. The summed E-state index contributed by atoms with van der Waals surface area (Å²) in [5.41, 5.74) is 2.88. The topological polar surface area (TPSA) is 65.9 Å². The zero-order valence-electron chi connectivity index (χ0n) is 19.7. The average molecular weight is 460 g/mol. The third kappa shape index (κ3) is 6.38. The third-order valence-electron chi connectivity index (χ3n) is 6.28. The van der Waals surface area contributed by atoms with Crippen molar-refractivity contribution in [3.05, 3.63) is 51.5 Å². The van der Waals surface area contributed by atoms with Crippen LogP contribution in [0.2, 0.25) is 0 Å². The molecular weight excluding hydrogens is 422 g/mol. The number of carbonyl (C=O) groups is 1. The van der Waals surface area contributed by atoms with Gasteiger partial charge in [0.2, 0.25) is 0 Å². The fourth-order valence-corrected chi connectivity index (χ4v) is 5.00. The summed E-state index contributed by atoms with van der Waals surface area (Å²) in [5.74, 6) is 0.0362. The number of aliphatic hydroxyl groups is 1. The quantitative estimate of drug-likeness (QED) is 0.716. The van der Waals surface area contributed by atoms with Gasteiger partial charge in [0.15, 0.2) is 0 Å². The van der Waals surface area contributed by atoms with Gasteiger partial charge in [0.1, 0.15) is 5.69 Å². The summed E-state index contributed by atoms with van der Waals surface area (Å²) in [5, 5.41) is 11.8. The lowest BCUT2D eigenvalue weighted by Gasteiger charge is -2.47. The summed E-state index contributed by atoms with van der Waals surface area (Å²) in [4.78, 5) is 21.6. The molecule has 1 spiro atoms. The van der Waals surface area contributed by atoms with Gasteiger partial charge in [0.25, 0.3) is 5.91 Å². The van der Waals surface area contributed by atoms with Crippen LogP contribution in [-0.4, -0.2) is 77.3 Å². The number of hydrogen-bond donors (Lipinski definition) is 1. The normalized spacial score (nSPS) is 18.3. The molecule has 3 heterocycles. The maximum Gasteiger partial charge on any atom is 0.273 e. The second kappa shape index (κ2) is 11.9. The summed E-state index contributed by atoms with van der Waals surface area (Å²) in [6.45, 7) is 11.1. The van der Waals surface area contributed by atoms with Crippen molar-refractivity contribution in [1.82, 2.24) is 14.8 Å². The number of piperidine rings is 1. The molecule has 1 amide bonds. The van der Waals surface area contributed by atoms with Crippen LogP contribution < -0.4 is 0 Å². The van der Waals surface area contributed by atoms with Gasteiger partial charge in [-0.1, -0.05) is 38.1 Å². The summed E-state index contributed by atoms with van der Waals surface area (Å²) in [6, 6.07) is 8.57. The van der Waals surface area contributed by atoms with Gasteiger partial charge in [-0.2, -0.15) is 0 Å². The second-order valence-corrected chi connectivity index (χ2v) is 9.45. The molecule has 7 heteroatoms. The molecule has 1 N–H and O–H groups in total. The SMILES string of the molecule is CC.Cc1nc(C(=O)N2CCOC3(CCN(CCc4ccc(CCO)cc4)CC3)C2)cs1. The number of thiazole rings is 1. The van der Waals surface area contributed by atoms with E-state index in [1.54, 1.807) is 0 Å². The van der Waals surface area contributed by atoms with Crippen LogP contribution in [0.3, 0.4) is 0 Å². The largest absolute Gasteiger partial charge is 0.396 e. The minimum absolute atomic E-state index is 0.0362. The van der Waals surface area contributed by atoms with E-state index in [0.29, 0.717) is 25.4 Å². The molecule has 0 radical (unpaired) electrons. The van der Waals surface area contributed by atoms with Crippen molar-refractivity contribution < 1.29 is 14.6 Å².